The lowest BCUT2D eigenvalue weighted by atomic mass is 10.0. The number of nitro benzene ring substituents is 1. The first-order chi connectivity index (χ1) is 8.66. The molecular formula is C14H9NO3. The number of aromatic hydroxyl groups is 1. The van der Waals surface area contributed by atoms with E-state index in [2.05, 4.69) is 0 Å². The Bertz CT molecular complexity index is 780. The number of rotatable bonds is 1. The van der Waals surface area contributed by atoms with Crippen LogP contribution in [0.1, 0.15) is 0 Å². The van der Waals surface area contributed by atoms with Crippen LogP contribution < -0.4 is 0 Å². The number of nitrogens with zero attached hydrogens (tertiary/aromatic N) is 1. The summed E-state index contributed by atoms with van der Waals surface area (Å²) in [7, 11) is 0. The van der Waals surface area contributed by atoms with E-state index in [1.54, 1.807) is 36.4 Å². The molecule has 4 nitrogen and oxygen atoms in total. The summed E-state index contributed by atoms with van der Waals surface area (Å²) in [4.78, 5) is 10.6. The first-order valence-electron chi connectivity index (χ1n) is 5.46. The third kappa shape index (κ3) is 1.47. The molecule has 0 fully saturated rings. The highest BCUT2D eigenvalue weighted by Crippen LogP contribution is 2.32. The zero-order valence-corrected chi connectivity index (χ0v) is 9.33. The van der Waals surface area contributed by atoms with E-state index >= 15 is 0 Å². The normalized spacial score (nSPS) is 10.9. The van der Waals surface area contributed by atoms with Crippen molar-refractivity contribution in [3.63, 3.8) is 0 Å². The molecule has 0 aliphatic rings. The molecule has 0 saturated heterocycles. The molecule has 3 aromatic carbocycles. The Morgan fingerprint density at radius 1 is 0.944 bits per heavy atom. The minimum absolute atomic E-state index is 0.0995. The fraction of sp³-hybridized carbons (Fsp3) is 0. The van der Waals surface area contributed by atoms with Gasteiger partial charge >= 0.3 is 0 Å². The maximum Gasteiger partial charge on any atom is 0.277 e. The summed E-state index contributed by atoms with van der Waals surface area (Å²) in [6.07, 6.45) is 0. The van der Waals surface area contributed by atoms with Crippen LogP contribution >= 0.6 is 0 Å². The summed E-state index contributed by atoms with van der Waals surface area (Å²) in [5, 5.41) is 23.6. The predicted molar refractivity (Wildman–Crippen MR) is 69.8 cm³/mol. The third-order valence-corrected chi connectivity index (χ3v) is 3.03. The van der Waals surface area contributed by atoms with Gasteiger partial charge in [0.05, 0.1) is 10.3 Å². The molecule has 0 radical (unpaired) electrons. The van der Waals surface area contributed by atoms with E-state index in [0.717, 1.165) is 16.2 Å². The summed E-state index contributed by atoms with van der Waals surface area (Å²) < 4.78 is 0. The summed E-state index contributed by atoms with van der Waals surface area (Å²) >= 11 is 0. The molecule has 0 atom stereocenters. The van der Waals surface area contributed by atoms with Gasteiger partial charge in [-0.05, 0) is 34.4 Å². The lowest BCUT2D eigenvalue weighted by Crippen LogP contribution is -1.89. The second-order valence-corrected chi connectivity index (χ2v) is 4.10. The number of phenolic OH excluding ortho intramolecular Hbond substituents is 1. The Kier molecular flexibility index (Phi) is 2.16. The monoisotopic (exact) mass is 239 g/mol. The average Bonchev–Trinajstić information content (AvgIpc) is 2.37. The van der Waals surface area contributed by atoms with Gasteiger partial charge in [0.15, 0.2) is 0 Å². The number of hydrogen-bond donors (Lipinski definition) is 1. The largest absolute Gasteiger partial charge is 0.508 e. The molecule has 0 aliphatic heterocycles. The van der Waals surface area contributed by atoms with Crippen molar-refractivity contribution in [2.75, 3.05) is 0 Å². The number of phenols is 1. The smallest absolute Gasteiger partial charge is 0.277 e. The van der Waals surface area contributed by atoms with Crippen LogP contribution in [0.4, 0.5) is 5.69 Å². The highest BCUT2D eigenvalue weighted by atomic mass is 16.6. The van der Waals surface area contributed by atoms with Crippen molar-refractivity contribution in [1.82, 2.24) is 0 Å². The van der Waals surface area contributed by atoms with Crippen LogP contribution in [-0.4, -0.2) is 10.0 Å². The molecule has 0 unspecified atom stereocenters. The molecule has 0 amide bonds. The van der Waals surface area contributed by atoms with Crippen molar-refractivity contribution in [1.29, 1.82) is 0 Å². The molecule has 4 heteroatoms. The molecule has 18 heavy (non-hydrogen) atoms. The highest BCUT2D eigenvalue weighted by Gasteiger charge is 2.12. The van der Waals surface area contributed by atoms with Gasteiger partial charge in [-0.1, -0.05) is 24.3 Å². The van der Waals surface area contributed by atoms with Gasteiger partial charge in [0.2, 0.25) is 0 Å². The van der Waals surface area contributed by atoms with Gasteiger partial charge in [0.1, 0.15) is 5.75 Å². The van der Waals surface area contributed by atoms with Crippen LogP contribution in [0.15, 0.2) is 48.5 Å². The van der Waals surface area contributed by atoms with E-state index in [9.17, 15) is 15.2 Å². The molecule has 0 bridgehead atoms. The predicted octanol–water partition coefficient (Wildman–Crippen LogP) is 3.61. The van der Waals surface area contributed by atoms with Crippen LogP contribution in [-0.2, 0) is 0 Å². The van der Waals surface area contributed by atoms with E-state index in [1.165, 1.54) is 6.07 Å². The van der Waals surface area contributed by atoms with Crippen LogP contribution in [0.25, 0.3) is 21.5 Å². The van der Waals surface area contributed by atoms with E-state index in [0.29, 0.717) is 5.39 Å². The molecule has 3 aromatic rings. The Hall–Kier alpha value is -2.62. The average molecular weight is 239 g/mol. The highest BCUT2D eigenvalue weighted by molar-refractivity contribution is 6.10. The van der Waals surface area contributed by atoms with Gasteiger partial charge < -0.3 is 5.11 Å². The van der Waals surface area contributed by atoms with Crippen molar-refractivity contribution < 1.29 is 10.0 Å². The fourth-order valence-electron chi connectivity index (χ4n) is 2.23. The molecule has 0 aliphatic carbocycles. The second kappa shape index (κ2) is 3.70. The SMILES string of the molecule is O=[N+]([O-])c1cccc2c1ccc1cc(O)ccc12. The van der Waals surface area contributed by atoms with Crippen LogP contribution in [0.2, 0.25) is 0 Å². The Labute approximate surface area is 102 Å². The molecule has 88 valence electrons. The number of hydrogen-bond acceptors (Lipinski definition) is 3. The standard InChI is InChI=1S/C14H9NO3/c16-10-5-7-11-9(8-10)4-6-13-12(11)2-1-3-14(13)15(17)18/h1-8,16H. The molecule has 0 aromatic heterocycles. The van der Waals surface area contributed by atoms with E-state index in [-0.39, 0.29) is 16.4 Å². The lowest BCUT2D eigenvalue weighted by molar-refractivity contribution is -0.383. The molecule has 0 heterocycles. The first kappa shape index (κ1) is 10.5. The van der Waals surface area contributed by atoms with E-state index in [1.807, 2.05) is 6.07 Å². The molecule has 3 rings (SSSR count). The molecular weight excluding hydrogens is 230 g/mol. The molecule has 0 spiro atoms. The van der Waals surface area contributed by atoms with Crippen LogP contribution in [0.3, 0.4) is 0 Å². The summed E-state index contributed by atoms with van der Waals surface area (Å²) in [5.41, 5.74) is 0.0995. The topological polar surface area (TPSA) is 63.4 Å². The minimum atomic E-state index is -0.380. The van der Waals surface area contributed by atoms with Crippen molar-refractivity contribution >= 4 is 27.2 Å². The van der Waals surface area contributed by atoms with Crippen molar-refractivity contribution in [3.8, 4) is 5.75 Å². The van der Waals surface area contributed by atoms with Crippen LogP contribution in [0.5, 0.6) is 5.75 Å². The molecule has 0 saturated carbocycles. The van der Waals surface area contributed by atoms with Gasteiger partial charge in [-0.3, -0.25) is 10.1 Å². The Morgan fingerprint density at radius 3 is 2.50 bits per heavy atom. The number of nitro groups is 1. The zero-order valence-electron chi connectivity index (χ0n) is 9.33. The lowest BCUT2D eigenvalue weighted by Gasteiger charge is -2.04. The van der Waals surface area contributed by atoms with Crippen molar-refractivity contribution in [3.05, 3.63) is 58.6 Å². The number of benzene rings is 3. The van der Waals surface area contributed by atoms with E-state index < -0.39 is 0 Å². The Balaban J connectivity index is 2.49. The van der Waals surface area contributed by atoms with Gasteiger partial charge in [-0.25, -0.2) is 0 Å². The van der Waals surface area contributed by atoms with Gasteiger partial charge in [0.25, 0.3) is 5.69 Å². The van der Waals surface area contributed by atoms with Crippen LogP contribution in [0, 0.1) is 10.1 Å². The maximum absolute atomic E-state index is 11.0. The number of non-ortho nitro benzene ring substituents is 1. The van der Waals surface area contributed by atoms with Crippen molar-refractivity contribution in [2.24, 2.45) is 0 Å². The summed E-state index contributed by atoms with van der Waals surface area (Å²) in [6, 6.07) is 13.5. The van der Waals surface area contributed by atoms with Crippen molar-refractivity contribution in [2.45, 2.75) is 0 Å². The first-order valence-corrected chi connectivity index (χ1v) is 5.46. The third-order valence-electron chi connectivity index (χ3n) is 3.03. The number of fused-ring (bicyclic) bond motifs is 3. The van der Waals surface area contributed by atoms with E-state index in [4.69, 9.17) is 0 Å². The van der Waals surface area contributed by atoms with Gasteiger partial charge in [-0.15, -0.1) is 0 Å². The quantitative estimate of drug-likeness (QED) is 0.401. The van der Waals surface area contributed by atoms with Gasteiger partial charge in [0, 0.05) is 6.07 Å². The minimum Gasteiger partial charge on any atom is -0.508 e. The zero-order chi connectivity index (χ0) is 12.7. The second-order valence-electron chi connectivity index (χ2n) is 4.10. The summed E-state index contributed by atoms with van der Waals surface area (Å²) in [6.45, 7) is 0. The summed E-state index contributed by atoms with van der Waals surface area (Å²) in [5.74, 6) is 0.187. The Morgan fingerprint density at radius 2 is 1.72 bits per heavy atom. The maximum atomic E-state index is 11.0. The molecule has 1 N–H and O–H groups in total. The van der Waals surface area contributed by atoms with Gasteiger partial charge in [-0.2, -0.15) is 0 Å². The fourth-order valence-corrected chi connectivity index (χ4v) is 2.23.